The first-order valence-electron chi connectivity index (χ1n) is 5.98. The summed E-state index contributed by atoms with van der Waals surface area (Å²) in [5.74, 6) is 0. The van der Waals surface area contributed by atoms with Crippen LogP contribution in [0.25, 0.3) is 0 Å². The molecule has 0 amide bonds. The molecule has 0 unspecified atom stereocenters. The Morgan fingerprint density at radius 1 is 1.07 bits per heavy atom. The topological polar surface area (TPSA) is 0 Å². The molecule has 0 saturated heterocycles. The molecule has 0 fully saturated rings. The third-order valence-electron chi connectivity index (χ3n) is 3.02. The van der Waals surface area contributed by atoms with E-state index in [1.165, 1.54) is 24.0 Å². The van der Waals surface area contributed by atoms with Gasteiger partial charge in [0.1, 0.15) is 0 Å². The van der Waals surface area contributed by atoms with E-state index in [4.69, 9.17) is 0 Å². The first-order valence-corrected chi connectivity index (χ1v) is 5.98. The van der Waals surface area contributed by atoms with Crippen LogP contribution in [0.4, 0.5) is 0 Å². The van der Waals surface area contributed by atoms with Gasteiger partial charge in [0.2, 0.25) is 0 Å². The van der Waals surface area contributed by atoms with Gasteiger partial charge in [-0.05, 0) is 44.9 Å². The van der Waals surface area contributed by atoms with Crippen LogP contribution >= 0.6 is 0 Å². The Balaban J connectivity index is 2.79. The van der Waals surface area contributed by atoms with Crippen molar-refractivity contribution < 1.29 is 0 Å². The number of hydrogen-bond donors (Lipinski definition) is 0. The van der Waals surface area contributed by atoms with Gasteiger partial charge in [-0.1, -0.05) is 49.3 Å². The molecular weight excluding hydrogens is 180 g/mol. The van der Waals surface area contributed by atoms with Crippen molar-refractivity contribution in [3.8, 4) is 0 Å². The minimum absolute atomic E-state index is 0.311. The van der Waals surface area contributed by atoms with E-state index >= 15 is 0 Å². The molecule has 0 aromatic rings. The molecule has 0 saturated carbocycles. The maximum atomic E-state index is 2.40. The van der Waals surface area contributed by atoms with Crippen LogP contribution in [0.5, 0.6) is 0 Å². The van der Waals surface area contributed by atoms with Gasteiger partial charge in [-0.3, -0.25) is 0 Å². The van der Waals surface area contributed by atoms with E-state index in [0.717, 1.165) is 12.8 Å². The molecule has 0 heterocycles. The SMILES string of the molecule is CC1=CCC(C)(C)C=CC/C(C)=C/CC1. The number of hydrogen-bond acceptors (Lipinski definition) is 0. The lowest BCUT2D eigenvalue weighted by molar-refractivity contribution is 0.486. The largest absolute Gasteiger partial charge is 0.0850 e. The van der Waals surface area contributed by atoms with Crippen molar-refractivity contribution in [2.75, 3.05) is 0 Å². The minimum atomic E-state index is 0.311. The molecule has 1 aliphatic carbocycles. The molecular formula is C15H24. The van der Waals surface area contributed by atoms with Crippen LogP contribution in [0.2, 0.25) is 0 Å². The third-order valence-corrected chi connectivity index (χ3v) is 3.02. The Bertz CT molecular complexity index is 287. The Morgan fingerprint density at radius 3 is 2.53 bits per heavy atom. The first kappa shape index (κ1) is 12.3. The standard InChI is InChI=1S/C15H24/c1-13-7-5-8-14(2)10-12-15(3,4)11-6-9-13/h6-7,10-11H,5,8-9,12H2,1-4H3/b11-6?,13-7+,14-10?. The van der Waals surface area contributed by atoms with Crippen molar-refractivity contribution >= 4 is 0 Å². The Labute approximate surface area is 94.8 Å². The first-order chi connectivity index (χ1) is 6.99. The molecule has 0 radical (unpaired) electrons. The van der Waals surface area contributed by atoms with Gasteiger partial charge in [0, 0.05) is 0 Å². The highest BCUT2D eigenvalue weighted by Crippen LogP contribution is 2.25. The molecule has 1 aliphatic rings. The molecule has 0 aromatic carbocycles. The van der Waals surface area contributed by atoms with Gasteiger partial charge < -0.3 is 0 Å². The highest BCUT2D eigenvalue weighted by Gasteiger charge is 2.11. The summed E-state index contributed by atoms with van der Waals surface area (Å²) in [6.45, 7) is 9.10. The normalized spacial score (nSPS) is 26.1. The second kappa shape index (κ2) is 5.34. The van der Waals surface area contributed by atoms with E-state index in [1.807, 2.05) is 0 Å². The van der Waals surface area contributed by atoms with Crippen LogP contribution in [0.1, 0.15) is 53.4 Å². The molecule has 0 atom stereocenters. The van der Waals surface area contributed by atoms with Gasteiger partial charge in [0.25, 0.3) is 0 Å². The summed E-state index contributed by atoms with van der Waals surface area (Å²) in [7, 11) is 0. The summed E-state index contributed by atoms with van der Waals surface area (Å²) in [6.07, 6.45) is 14.1. The molecule has 0 N–H and O–H groups in total. The van der Waals surface area contributed by atoms with Gasteiger partial charge in [0.05, 0.1) is 0 Å². The zero-order chi connectivity index (χ0) is 11.3. The Morgan fingerprint density at radius 2 is 1.80 bits per heavy atom. The predicted molar refractivity (Wildman–Crippen MR) is 68.9 cm³/mol. The molecule has 1 rings (SSSR count). The average Bonchev–Trinajstić information content (AvgIpc) is 2.15. The fraction of sp³-hybridized carbons (Fsp3) is 0.600. The van der Waals surface area contributed by atoms with Crippen molar-refractivity contribution in [2.45, 2.75) is 53.4 Å². The fourth-order valence-electron chi connectivity index (χ4n) is 1.80. The zero-order valence-electron chi connectivity index (χ0n) is 10.6. The van der Waals surface area contributed by atoms with Crippen molar-refractivity contribution in [3.63, 3.8) is 0 Å². The van der Waals surface area contributed by atoms with Crippen molar-refractivity contribution in [2.24, 2.45) is 5.41 Å². The summed E-state index contributed by atoms with van der Waals surface area (Å²) in [6, 6.07) is 0. The molecule has 84 valence electrons. The lowest BCUT2D eigenvalue weighted by atomic mass is 9.87. The molecule has 0 aliphatic heterocycles. The predicted octanol–water partition coefficient (Wildman–Crippen LogP) is 5.04. The van der Waals surface area contributed by atoms with E-state index in [2.05, 4.69) is 52.0 Å². The highest BCUT2D eigenvalue weighted by atomic mass is 14.2. The molecule has 15 heavy (non-hydrogen) atoms. The van der Waals surface area contributed by atoms with Gasteiger partial charge in [0.15, 0.2) is 0 Å². The second-order valence-corrected chi connectivity index (χ2v) is 5.44. The monoisotopic (exact) mass is 204 g/mol. The van der Waals surface area contributed by atoms with Gasteiger partial charge in [-0.25, -0.2) is 0 Å². The summed E-state index contributed by atoms with van der Waals surface area (Å²) in [5.41, 5.74) is 3.34. The van der Waals surface area contributed by atoms with Crippen LogP contribution in [0, 0.1) is 5.41 Å². The maximum Gasteiger partial charge on any atom is -0.0140 e. The van der Waals surface area contributed by atoms with Gasteiger partial charge >= 0.3 is 0 Å². The third kappa shape index (κ3) is 5.01. The van der Waals surface area contributed by atoms with E-state index in [9.17, 15) is 0 Å². The Hall–Kier alpha value is -0.780. The van der Waals surface area contributed by atoms with E-state index in [-0.39, 0.29) is 0 Å². The summed E-state index contributed by atoms with van der Waals surface area (Å²) >= 11 is 0. The number of rotatable bonds is 0. The molecule has 0 spiro atoms. The van der Waals surface area contributed by atoms with E-state index in [1.54, 1.807) is 0 Å². The van der Waals surface area contributed by atoms with Crippen LogP contribution in [-0.4, -0.2) is 0 Å². The van der Waals surface area contributed by atoms with Crippen molar-refractivity contribution in [3.05, 3.63) is 35.5 Å². The molecule has 0 heteroatoms. The van der Waals surface area contributed by atoms with Crippen molar-refractivity contribution in [1.29, 1.82) is 0 Å². The quantitative estimate of drug-likeness (QED) is 0.485. The average molecular weight is 204 g/mol. The van der Waals surface area contributed by atoms with Crippen LogP contribution in [0.3, 0.4) is 0 Å². The molecule has 0 nitrogen and oxygen atoms in total. The fourth-order valence-corrected chi connectivity index (χ4v) is 1.80. The zero-order valence-corrected chi connectivity index (χ0v) is 10.6. The summed E-state index contributed by atoms with van der Waals surface area (Å²) < 4.78 is 0. The highest BCUT2D eigenvalue weighted by molar-refractivity contribution is 5.12. The lowest BCUT2D eigenvalue weighted by Gasteiger charge is -2.18. The van der Waals surface area contributed by atoms with Crippen LogP contribution in [0.15, 0.2) is 35.5 Å². The lowest BCUT2D eigenvalue weighted by Crippen LogP contribution is -2.05. The second-order valence-electron chi connectivity index (χ2n) is 5.44. The Kier molecular flexibility index (Phi) is 4.38. The summed E-state index contributed by atoms with van der Waals surface area (Å²) in [5, 5.41) is 0. The van der Waals surface area contributed by atoms with E-state index in [0.29, 0.717) is 5.41 Å². The molecule has 0 bridgehead atoms. The number of allylic oxidation sites excluding steroid dienone is 6. The maximum absolute atomic E-state index is 2.40. The van der Waals surface area contributed by atoms with Crippen LogP contribution in [-0.2, 0) is 0 Å². The summed E-state index contributed by atoms with van der Waals surface area (Å²) in [4.78, 5) is 0. The smallest absolute Gasteiger partial charge is 0.0140 e. The van der Waals surface area contributed by atoms with Gasteiger partial charge in [-0.15, -0.1) is 0 Å². The van der Waals surface area contributed by atoms with Crippen LogP contribution < -0.4 is 0 Å². The van der Waals surface area contributed by atoms with E-state index < -0.39 is 0 Å². The minimum Gasteiger partial charge on any atom is -0.0850 e. The van der Waals surface area contributed by atoms with Crippen molar-refractivity contribution in [1.82, 2.24) is 0 Å². The molecule has 0 aromatic heterocycles. The van der Waals surface area contributed by atoms with Gasteiger partial charge in [-0.2, -0.15) is 0 Å².